The van der Waals surface area contributed by atoms with Crippen molar-refractivity contribution in [3.8, 4) is 0 Å². The Labute approximate surface area is 43.1 Å². The highest BCUT2D eigenvalue weighted by molar-refractivity contribution is 4.94. The summed E-state index contributed by atoms with van der Waals surface area (Å²) >= 11 is 0. The topological polar surface area (TPSA) is 32.8 Å². The Bertz CT molecular complexity index is 78.1. The summed E-state index contributed by atoms with van der Waals surface area (Å²) in [7, 11) is 0. The maximum atomic E-state index is 8.51. The van der Waals surface area contributed by atoms with E-state index in [2.05, 4.69) is 0 Å². The van der Waals surface area contributed by atoms with Crippen molar-refractivity contribution in [2.75, 3.05) is 6.61 Å². The lowest BCUT2D eigenvalue weighted by Crippen LogP contribution is -2.12. The van der Waals surface area contributed by atoms with Gasteiger partial charge < -0.3 is 9.84 Å². The first-order valence-corrected chi connectivity index (χ1v) is 2.48. The molecule has 0 unspecified atom stereocenters. The average molecular weight is 102 g/mol. The quantitative estimate of drug-likeness (QED) is 0.478. The van der Waals surface area contributed by atoms with Crippen molar-refractivity contribution in [3.63, 3.8) is 0 Å². The largest absolute Gasteiger partial charge is 0.393 e. The van der Waals surface area contributed by atoms with Gasteiger partial charge in [0.2, 0.25) is 0 Å². The van der Waals surface area contributed by atoms with Crippen molar-refractivity contribution in [1.29, 1.82) is 0 Å². The first kappa shape index (κ1) is 5.06. The van der Waals surface area contributed by atoms with E-state index in [1.165, 1.54) is 0 Å². The first-order chi connectivity index (χ1) is 3.19. The summed E-state index contributed by atoms with van der Waals surface area (Å²) in [6.45, 7) is 4.00. The van der Waals surface area contributed by atoms with Crippen LogP contribution in [0.15, 0.2) is 0 Å². The number of ether oxygens (including phenoxy) is 1. The van der Waals surface area contributed by atoms with E-state index in [9.17, 15) is 0 Å². The van der Waals surface area contributed by atoms with Crippen LogP contribution in [-0.2, 0) is 4.74 Å². The van der Waals surface area contributed by atoms with Gasteiger partial charge in [-0.1, -0.05) is 0 Å². The summed E-state index contributed by atoms with van der Waals surface area (Å²) in [6, 6.07) is 0. The molecule has 42 valence electrons. The Morgan fingerprint density at radius 2 is 2.29 bits per heavy atom. The maximum Gasteiger partial charge on any atom is 0.115 e. The van der Waals surface area contributed by atoms with Crippen molar-refractivity contribution >= 4 is 0 Å². The van der Waals surface area contributed by atoms with Crippen molar-refractivity contribution in [2.24, 2.45) is 0 Å². The predicted octanol–water partition coefficient (Wildman–Crippen LogP) is 0.156. The van der Waals surface area contributed by atoms with E-state index in [0.29, 0.717) is 0 Å². The zero-order valence-corrected chi connectivity index (χ0v) is 4.64. The fourth-order valence-corrected chi connectivity index (χ4v) is 0.536. The zero-order chi connectivity index (χ0) is 5.49. The fraction of sp³-hybridized carbons (Fsp3) is 1.00. The molecule has 0 saturated carbocycles. The summed E-state index contributed by atoms with van der Waals surface area (Å²) in [5.74, 6) is 0. The van der Waals surface area contributed by atoms with E-state index in [0.717, 1.165) is 0 Å². The van der Waals surface area contributed by atoms with Gasteiger partial charge in [-0.15, -0.1) is 0 Å². The predicted molar refractivity (Wildman–Crippen MR) is 26.0 cm³/mol. The van der Waals surface area contributed by atoms with Crippen molar-refractivity contribution in [1.82, 2.24) is 0 Å². The number of hydrogen-bond acceptors (Lipinski definition) is 2. The highest BCUT2D eigenvalue weighted by atomic mass is 16.6. The van der Waals surface area contributed by atoms with Gasteiger partial charge in [0.15, 0.2) is 0 Å². The highest BCUT2D eigenvalue weighted by Gasteiger charge is 2.48. The summed E-state index contributed by atoms with van der Waals surface area (Å²) < 4.78 is 5.00. The summed E-state index contributed by atoms with van der Waals surface area (Å²) in [4.78, 5) is 0. The van der Waals surface area contributed by atoms with Crippen molar-refractivity contribution < 1.29 is 9.84 Å². The third-order valence-electron chi connectivity index (χ3n) is 1.56. The molecule has 1 fully saturated rings. The number of aliphatic hydroxyl groups is 1. The molecular weight excluding hydrogens is 92.1 g/mol. The molecule has 0 aromatic carbocycles. The van der Waals surface area contributed by atoms with Gasteiger partial charge in [-0.25, -0.2) is 0 Å². The third kappa shape index (κ3) is 0.640. The standard InChI is InChI=1S/C5H10O2/c1-4-5(2,3-6)7-4/h4,6H,3H2,1-2H3/t4-,5-/m0/s1. The molecule has 0 amide bonds. The monoisotopic (exact) mass is 102 g/mol. The van der Waals surface area contributed by atoms with Crippen LogP contribution >= 0.6 is 0 Å². The lowest BCUT2D eigenvalue weighted by atomic mass is 10.1. The molecule has 0 aliphatic carbocycles. The van der Waals surface area contributed by atoms with E-state index in [1.807, 2.05) is 13.8 Å². The number of hydrogen-bond donors (Lipinski definition) is 1. The van der Waals surface area contributed by atoms with Gasteiger partial charge in [0.25, 0.3) is 0 Å². The van der Waals surface area contributed by atoms with Crippen LogP contribution in [0.25, 0.3) is 0 Å². The minimum absolute atomic E-state index is 0.147. The van der Waals surface area contributed by atoms with Crippen molar-refractivity contribution in [3.05, 3.63) is 0 Å². The van der Waals surface area contributed by atoms with Gasteiger partial charge in [-0.2, -0.15) is 0 Å². The molecule has 0 spiro atoms. The molecule has 1 aliphatic heterocycles. The van der Waals surface area contributed by atoms with Crippen LogP contribution < -0.4 is 0 Å². The van der Waals surface area contributed by atoms with E-state index < -0.39 is 0 Å². The van der Waals surface area contributed by atoms with Gasteiger partial charge in [0.1, 0.15) is 5.60 Å². The molecule has 7 heavy (non-hydrogen) atoms. The number of aliphatic hydroxyl groups excluding tert-OH is 1. The SMILES string of the molecule is C[C@@H]1O[C@@]1(C)CO. The van der Waals surface area contributed by atoms with E-state index >= 15 is 0 Å². The fourth-order valence-electron chi connectivity index (χ4n) is 0.536. The second-order valence-corrected chi connectivity index (χ2v) is 2.23. The highest BCUT2D eigenvalue weighted by Crippen LogP contribution is 2.34. The van der Waals surface area contributed by atoms with Crippen LogP contribution in [0.4, 0.5) is 0 Å². The third-order valence-corrected chi connectivity index (χ3v) is 1.56. The molecular formula is C5H10O2. The molecule has 2 nitrogen and oxygen atoms in total. The Morgan fingerprint density at radius 1 is 1.86 bits per heavy atom. The van der Waals surface area contributed by atoms with E-state index in [1.54, 1.807) is 0 Å². The Kier molecular flexibility index (Phi) is 0.869. The molecule has 1 heterocycles. The van der Waals surface area contributed by atoms with Crippen LogP contribution in [0.1, 0.15) is 13.8 Å². The van der Waals surface area contributed by atoms with Crippen molar-refractivity contribution in [2.45, 2.75) is 25.6 Å². The number of epoxide rings is 1. The first-order valence-electron chi connectivity index (χ1n) is 2.48. The molecule has 2 heteroatoms. The Hall–Kier alpha value is -0.0800. The minimum Gasteiger partial charge on any atom is -0.393 e. The molecule has 1 aliphatic rings. The molecule has 1 N–H and O–H groups in total. The maximum absolute atomic E-state index is 8.51. The van der Waals surface area contributed by atoms with Gasteiger partial charge in [-0.05, 0) is 13.8 Å². The lowest BCUT2D eigenvalue weighted by Gasteiger charge is -1.93. The van der Waals surface area contributed by atoms with Crippen LogP contribution in [0.5, 0.6) is 0 Å². The summed E-state index contributed by atoms with van der Waals surface area (Å²) in [5, 5.41) is 8.51. The van der Waals surface area contributed by atoms with Gasteiger partial charge in [0.05, 0.1) is 12.7 Å². The van der Waals surface area contributed by atoms with Crippen LogP contribution in [0.2, 0.25) is 0 Å². The van der Waals surface area contributed by atoms with Crippen LogP contribution in [-0.4, -0.2) is 23.4 Å². The van der Waals surface area contributed by atoms with Gasteiger partial charge in [0, 0.05) is 0 Å². The number of rotatable bonds is 1. The van der Waals surface area contributed by atoms with Crippen LogP contribution in [0, 0.1) is 0 Å². The Morgan fingerprint density at radius 3 is 2.29 bits per heavy atom. The summed E-state index contributed by atoms with van der Waals surface area (Å²) in [6.07, 6.45) is 0.262. The summed E-state index contributed by atoms with van der Waals surface area (Å²) in [5.41, 5.74) is -0.194. The lowest BCUT2D eigenvalue weighted by molar-refractivity contribution is 0.184. The molecule has 1 saturated heterocycles. The molecule has 1 rings (SSSR count). The molecule has 2 atom stereocenters. The molecule has 0 aromatic heterocycles. The van der Waals surface area contributed by atoms with E-state index in [-0.39, 0.29) is 18.3 Å². The van der Waals surface area contributed by atoms with Gasteiger partial charge >= 0.3 is 0 Å². The average Bonchev–Trinajstić information content (AvgIpc) is 2.18. The molecule has 0 bridgehead atoms. The Balaban J connectivity index is 2.36. The minimum atomic E-state index is -0.194. The van der Waals surface area contributed by atoms with Gasteiger partial charge in [-0.3, -0.25) is 0 Å². The smallest absolute Gasteiger partial charge is 0.115 e. The van der Waals surface area contributed by atoms with E-state index in [4.69, 9.17) is 9.84 Å². The van der Waals surface area contributed by atoms with Crippen LogP contribution in [0.3, 0.4) is 0 Å². The second-order valence-electron chi connectivity index (χ2n) is 2.23. The molecule has 0 aromatic rings. The second kappa shape index (κ2) is 1.20. The normalized spacial score (nSPS) is 49.3. The zero-order valence-electron chi connectivity index (χ0n) is 4.64. The molecule has 0 radical (unpaired) electrons.